The average molecular weight is 759 g/mol. The maximum absolute atomic E-state index is 14.3. The Morgan fingerprint density at radius 2 is 0.961 bits per heavy atom. The number of unbranched alkanes of at least 4 members (excludes halogenated alkanes) is 6. The van der Waals surface area contributed by atoms with Crippen LogP contribution in [0.4, 0.5) is 57.1 Å². The Labute approximate surface area is 282 Å². The van der Waals surface area contributed by atoms with E-state index in [9.17, 15) is 71.5 Å². The first-order chi connectivity index (χ1) is 23.3. The SMILES string of the molecule is CCCCCCCCCC(=O)Oc1ccc(OC(=O)c2ccc(C(=O)OC(C)C(F)(F)C(F)(F)C(F)(F)C(F)(F)C(F)(F)C(F)(F)F)cc2)cc1. The van der Waals surface area contributed by atoms with Crippen molar-refractivity contribution in [1.29, 1.82) is 0 Å². The number of esters is 3. The first-order valence-corrected chi connectivity index (χ1v) is 15.1. The molecule has 2 rings (SSSR count). The molecule has 0 bridgehead atoms. The van der Waals surface area contributed by atoms with Gasteiger partial charge in [0.15, 0.2) is 6.10 Å². The number of benzene rings is 2. The monoisotopic (exact) mass is 758 g/mol. The van der Waals surface area contributed by atoms with Crippen LogP contribution in [-0.2, 0) is 9.53 Å². The molecule has 1 unspecified atom stereocenters. The molecular weight excluding hydrogens is 727 g/mol. The summed E-state index contributed by atoms with van der Waals surface area (Å²) in [5, 5.41) is 0. The second-order valence-corrected chi connectivity index (χ2v) is 11.2. The highest BCUT2D eigenvalue weighted by molar-refractivity contribution is 5.94. The third-order valence-electron chi connectivity index (χ3n) is 7.36. The lowest BCUT2D eigenvalue weighted by Gasteiger charge is -2.40. The molecule has 1 atom stereocenters. The molecule has 0 aliphatic heterocycles. The lowest BCUT2D eigenvalue weighted by atomic mass is 9.92. The quantitative estimate of drug-likeness (QED) is 0.0652. The number of halogens is 13. The molecule has 0 radical (unpaired) electrons. The van der Waals surface area contributed by atoms with Gasteiger partial charge >= 0.3 is 53.7 Å². The van der Waals surface area contributed by atoms with Gasteiger partial charge < -0.3 is 14.2 Å². The lowest BCUT2D eigenvalue weighted by molar-refractivity contribution is -0.443. The van der Waals surface area contributed by atoms with Gasteiger partial charge in [-0.2, -0.15) is 57.1 Å². The third-order valence-corrected chi connectivity index (χ3v) is 7.36. The molecule has 2 aromatic rings. The van der Waals surface area contributed by atoms with Gasteiger partial charge in [-0.05, 0) is 61.9 Å². The Morgan fingerprint density at radius 1 is 0.549 bits per heavy atom. The number of carbonyl (C=O) groups excluding carboxylic acids is 3. The van der Waals surface area contributed by atoms with Gasteiger partial charge in [-0.1, -0.05) is 45.4 Å². The van der Waals surface area contributed by atoms with Crippen molar-refractivity contribution in [3.8, 4) is 11.5 Å². The van der Waals surface area contributed by atoms with Crippen LogP contribution in [0.25, 0.3) is 0 Å². The Balaban J connectivity index is 2.01. The lowest BCUT2D eigenvalue weighted by Crippen LogP contribution is -2.71. The Hall–Kier alpha value is -4.06. The Morgan fingerprint density at radius 3 is 1.43 bits per heavy atom. The van der Waals surface area contributed by atoms with Gasteiger partial charge in [0.1, 0.15) is 11.5 Å². The Bertz CT molecular complexity index is 1470. The molecule has 2 aromatic carbocycles. The highest BCUT2D eigenvalue weighted by Gasteiger charge is 2.91. The summed E-state index contributed by atoms with van der Waals surface area (Å²) >= 11 is 0. The van der Waals surface area contributed by atoms with Gasteiger partial charge in [0.25, 0.3) is 0 Å². The van der Waals surface area contributed by atoms with E-state index in [0.29, 0.717) is 18.6 Å². The van der Waals surface area contributed by atoms with Crippen LogP contribution < -0.4 is 9.47 Å². The standard InChI is InChI=1S/C32H31F13O6/c1-3-4-5-6-7-8-9-10-24(46)50-22-15-17-23(18-16-22)51-26(48)21-13-11-20(12-14-21)25(47)49-19(2)27(33,34)28(35,36)29(37,38)30(39,40)31(41,42)32(43,44)45/h11-19H,3-10H2,1-2H3. The largest absolute Gasteiger partial charge is 0.460 e. The van der Waals surface area contributed by atoms with Crippen LogP contribution >= 0.6 is 0 Å². The van der Waals surface area contributed by atoms with Crippen molar-refractivity contribution in [2.24, 2.45) is 0 Å². The minimum atomic E-state index is -8.10. The number of alkyl halides is 13. The molecule has 19 heteroatoms. The first-order valence-electron chi connectivity index (χ1n) is 15.1. The minimum Gasteiger partial charge on any atom is -0.452 e. The highest BCUT2D eigenvalue weighted by Crippen LogP contribution is 2.60. The van der Waals surface area contributed by atoms with Gasteiger partial charge in [-0.3, -0.25) is 4.79 Å². The van der Waals surface area contributed by atoms with E-state index < -0.39 is 65.4 Å². The molecule has 0 fully saturated rings. The number of hydrogen-bond donors (Lipinski definition) is 0. The fraction of sp³-hybridized carbons (Fsp3) is 0.531. The molecule has 6 nitrogen and oxygen atoms in total. The van der Waals surface area contributed by atoms with E-state index in [0.717, 1.165) is 50.7 Å². The van der Waals surface area contributed by atoms with Crippen LogP contribution in [0.5, 0.6) is 11.5 Å². The third kappa shape index (κ3) is 9.64. The van der Waals surface area contributed by atoms with E-state index in [2.05, 4.69) is 11.7 Å². The van der Waals surface area contributed by atoms with E-state index in [-0.39, 0.29) is 30.4 Å². The van der Waals surface area contributed by atoms with Crippen LogP contribution in [0.2, 0.25) is 0 Å². The van der Waals surface area contributed by atoms with Crippen LogP contribution in [-0.4, -0.2) is 59.8 Å². The molecule has 0 saturated heterocycles. The zero-order valence-electron chi connectivity index (χ0n) is 26.7. The van der Waals surface area contributed by atoms with Crippen molar-refractivity contribution in [1.82, 2.24) is 0 Å². The van der Waals surface area contributed by atoms with Crippen LogP contribution in [0, 0.1) is 0 Å². The van der Waals surface area contributed by atoms with Crippen LogP contribution in [0.15, 0.2) is 48.5 Å². The van der Waals surface area contributed by atoms with Crippen LogP contribution in [0.1, 0.15) is 85.9 Å². The smallest absolute Gasteiger partial charge is 0.452 e. The van der Waals surface area contributed by atoms with Crippen molar-refractivity contribution in [3.05, 3.63) is 59.7 Å². The molecule has 0 heterocycles. The summed E-state index contributed by atoms with van der Waals surface area (Å²) in [5.41, 5.74) is -1.13. The van der Waals surface area contributed by atoms with E-state index in [4.69, 9.17) is 9.47 Å². The predicted octanol–water partition coefficient (Wildman–Crippen LogP) is 10.2. The average Bonchev–Trinajstić information content (AvgIpc) is 3.04. The predicted molar refractivity (Wildman–Crippen MR) is 152 cm³/mol. The van der Waals surface area contributed by atoms with E-state index in [1.165, 1.54) is 24.3 Å². The maximum Gasteiger partial charge on any atom is 0.460 e. The number of rotatable bonds is 18. The van der Waals surface area contributed by atoms with E-state index in [1.807, 2.05) is 0 Å². The summed E-state index contributed by atoms with van der Waals surface area (Å²) in [6.07, 6.45) is -4.16. The fourth-order valence-corrected chi connectivity index (χ4v) is 4.23. The first kappa shape index (κ1) is 43.1. The summed E-state index contributed by atoms with van der Waals surface area (Å²) in [5.74, 6) is -41.8. The van der Waals surface area contributed by atoms with Gasteiger partial charge in [0.2, 0.25) is 0 Å². The zero-order chi connectivity index (χ0) is 39.1. The number of hydrogen-bond acceptors (Lipinski definition) is 6. The number of ether oxygens (including phenoxy) is 3. The molecule has 0 aliphatic rings. The summed E-state index contributed by atoms with van der Waals surface area (Å²) < 4.78 is 188. The maximum atomic E-state index is 14.3. The van der Waals surface area contributed by atoms with Gasteiger partial charge in [0, 0.05) is 6.42 Å². The fourth-order valence-electron chi connectivity index (χ4n) is 4.23. The van der Waals surface area contributed by atoms with Gasteiger partial charge in [0.05, 0.1) is 11.1 Å². The van der Waals surface area contributed by atoms with Crippen LogP contribution in [0.3, 0.4) is 0 Å². The summed E-state index contributed by atoms with van der Waals surface area (Å²) in [7, 11) is 0. The molecule has 0 spiro atoms. The van der Waals surface area contributed by atoms with Crippen molar-refractivity contribution >= 4 is 17.9 Å². The molecule has 0 amide bonds. The van der Waals surface area contributed by atoms with Crippen molar-refractivity contribution in [2.75, 3.05) is 0 Å². The zero-order valence-corrected chi connectivity index (χ0v) is 26.7. The molecule has 51 heavy (non-hydrogen) atoms. The van der Waals surface area contributed by atoms with Gasteiger partial charge in [-0.25, -0.2) is 9.59 Å². The van der Waals surface area contributed by atoms with Crippen molar-refractivity contribution in [2.45, 2.75) is 107 Å². The second kappa shape index (κ2) is 16.5. The molecule has 0 saturated carbocycles. The van der Waals surface area contributed by atoms with Crippen molar-refractivity contribution < 1.29 is 85.7 Å². The number of carbonyl (C=O) groups is 3. The van der Waals surface area contributed by atoms with E-state index >= 15 is 0 Å². The summed E-state index contributed by atoms with van der Waals surface area (Å²) in [6.45, 7) is 1.86. The molecule has 0 aromatic heterocycles. The topological polar surface area (TPSA) is 78.9 Å². The second-order valence-electron chi connectivity index (χ2n) is 11.2. The summed E-state index contributed by atoms with van der Waals surface area (Å²) in [4.78, 5) is 36.7. The normalized spacial score (nSPS) is 13.8. The van der Waals surface area contributed by atoms with Gasteiger partial charge in [-0.15, -0.1) is 0 Å². The molecule has 0 N–H and O–H groups in total. The minimum absolute atomic E-state index is 0.0530. The Kier molecular flexibility index (Phi) is 14.0. The van der Waals surface area contributed by atoms with E-state index in [1.54, 1.807) is 0 Å². The molecular formula is C32H31F13O6. The highest BCUT2D eigenvalue weighted by atomic mass is 19.4. The van der Waals surface area contributed by atoms with Crippen molar-refractivity contribution in [3.63, 3.8) is 0 Å². The molecule has 286 valence electrons. The summed E-state index contributed by atoms with van der Waals surface area (Å²) in [6, 6.07) is 8.16. The molecule has 0 aliphatic carbocycles.